The number of hydrogen-bond donors (Lipinski definition) is 1. The van der Waals surface area contributed by atoms with Crippen molar-refractivity contribution >= 4 is 26.8 Å². The number of likely N-dealkylation sites (tertiary alicyclic amines) is 1. The topological polar surface area (TPSA) is 110 Å². The van der Waals surface area contributed by atoms with E-state index in [0.717, 1.165) is 35.8 Å². The number of hydrogen-bond acceptors (Lipinski definition) is 5. The van der Waals surface area contributed by atoms with Crippen molar-refractivity contribution in [2.75, 3.05) is 13.1 Å². The van der Waals surface area contributed by atoms with E-state index in [1.54, 1.807) is 17.0 Å². The Morgan fingerprint density at radius 3 is 2.32 bits per heavy atom. The van der Waals surface area contributed by atoms with Crippen LogP contribution in [0, 0.1) is 0 Å². The van der Waals surface area contributed by atoms with Crippen LogP contribution in [0.25, 0.3) is 10.9 Å². The number of amides is 1. The minimum atomic E-state index is -3.91. The second-order valence-electron chi connectivity index (χ2n) is 8.52. The lowest BCUT2D eigenvalue weighted by atomic mass is 10.2. The molecule has 1 aliphatic heterocycles. The average molecular weight is 485 g/mol. The van der Waals surface area contributed by atoms with E-state index in [2.05, 4.69) is 4.72 Å². The number of benzene rings is 2. The molecule has 4 rings (SSSR count). The van der Waals surface area contributed by atoms with Crippen molar-refractivity contribution in [1.29, 1.82) is 0 Å². The highest BCUT2D eigenvalue weighted by Gasteiger charge is 2.21. The summed E-state index contributed by atoms with van der Waals surface area (Å²) in [5, 5.41) is 0.0633. The number of rotatable bonds is 6. The van der Waals surface area contributed by atoms with E-state index >= 15 is 0 Å². The van der Waals surface area contributed by atoms with Crippen LogP contribution in [-0.4, -0.2) is 41.4 Å². The van der Waals surface area contributed by atoms with Crippen molar-refractivity contribution in [1.82, 2.24) is 18.8 Å². The molecule has 0 aliphatic carbocycles. The SMILES string of the molecule is Cn1c(=O)n(CC(=O)N2CCCCCC2)c(=O)c2cc(S(=O)(=O)NCc3ccccc3)ccc21. The van der Waals surface area contributed by atoms with E-state index in [1.165, 1.54) is 29.8 Å². The Bertz CT molecular complexity index is 1420. The zero-order valence-corrected chi connectivity index (χ0v) is 19.9. The highest BCUT2D eigenvalue weighted by Crippen LogP contribution is 2.16. The summed E-state index contributed by atoms with van der Waals surface area (Å²) in [6.07, 6.45) is 3.90. The third-order valence-corrected chi connectivity index (χ3v) is 7.59. The van der Waals surface area contributed by atoms with Gasteiger partial charge in [0, 0.05) is 26.7 Å². The summed E-state index contributed by atoms with van der Waals surface area (Å²) in [5.74, 6) is -0.284. The van der Waals surface area contributed by atoms with E-state index in [4.69, 9.17) is 0 Å². The van der Waals surface area contributed by atoms with Gasteiger partial charge >= 0.3 is 5.69 Å². The Labute approximate surface area is 197 Å². The summed E-state index contributed by atoms with van der Waals surface area (Å²) in [6, 6.07) is 13.1. The van der Waals surface area contributed by atoms with Gasteiger partial charge in [-0.05, 0) is 36.6 Å². The quantitative estimate of drug-likeness (QED) is 0.571. The molecule has 180 valence electrons. The molecule has 0 bridgehead atoms. The Kier molecular flexibility index (Phi) is 6.99. The van der Waals surface area contributed by atoms with Crippen LogP contribution in [0.4, 0.5) is 0 Å². The number of fused-ring (bicyclic) bond motifs is 1. The lowest BCUT2D eigenvalue weighted by Crippen LogP contribution is -2.44. The van der Waals surface area contributed by atoms with Gasteiger partial charge in [0.05, 0.1) is 15.8 Å². The number of nitrogens with one attached hydrogen (secondary N) is 1. The van der Waals surface area contributed by atoms with Crippen molar-refractivity contribution < 1.29 is 13.2 Å². The molecule has 1 aromatic heterocycles. The van der Waals surface area contributed by atoms with Crippen LogP contribution >= 0.6 is 0 Å². The van der Waals surface area contributed by atoms with Crippen LogP contribution in [0.15, 0.2) is 63.0 Å². The standard InChI is InChI=1S/C24H28N4O5S/c1-26-21-12-11-19(34(32,33)25-16-18-9-5-4-6-10-18)15-20(21)23(30)28(24(26)31)17-22(29)27-13-7-2-3-8-14-27/h4-6,9-12,15,25H,2-3,7-8,13-14,16-17H2,1H3. The third kappa shape index (κ3) is 4.97. The maximum Gasteiger partial charge on any atom is 0.331 e. The molecular weight excluding hydrogens is 456 g/mol. The summed E-state index contributed by atoms with van der Waals surface area (Å²) < 4.78 is 30.4. The Morgan fingerprint density at radius 1 is 0.971 bits per heavy atom. The van der Waals surface area contributed by atoms with E-state index in [9.17, 15) is 22.8 Å². The molecule has 0 unspecified atom stereocenters. The molecule has 0 saturated carbocycles. The first kappa shape index (κ1) is 23.9. The first-order valence-corrected chi connectivity index (χ1v) is 12.8. The molecule has 3 aromatic rings. The van der Waals surface area contributed by atoms with Crippen LogP contribution in [-0.2, 0) is 35.0 Å². The number of aryl methyl sites for hydroxylation is 1. The molecule has 34 heavy (non-hydrogen) atoms. The van der Waals surface area contributed by atoms with Gasteiger partial charge in [0.25, 0.3) is 5.56 Å². The van der Waals surface area contributed by atoms with Gasteiger partial charge in [-0.2, -0.15) is 0 Å². The maximum atomic E-state index is 13.2. The van der Waals surface area contributed by atoms with Gasteiger partial charge in [-0.25, -0.2) is 17.9 Å². The third-order valence-electron chi connectivity index (χ3n) is 6.19. The monoisotopic (exact) mass is 484 g/mol. The minimum Gasteiger partial charge on any atom is -0.341 e. The number of sulfonamides is 1. The molecule has 1 fully saturated rings. The first-order chi connectivity index (χ1) is 16.3. The Hall–Kier alpha value is -3.24. The molecule has 0 atom stereocenters. The molecule has 1 saturated heterocycles. The van der Waals surface area contributed by atoms with Gasteiger partial charge in [-0.3, -0.25) is 18.7 Å². The second-order valence-corrected chi connectivity index (χ2v) is 10.3. The van der Waals surface area contributed by atoms with Crippen LogP contribution in [0.2, 0.25) is 0 Å². The zero-order chi connectivity index (χ0) is 24.3. The fourth-order valence-electron chi connectivity index (χ4n) is 4.21. The number of nitrogens with zero attached hydrogens (tertiary/aromatic N) is 3. The highest BCUT2D eigenvalue weighted by molar-refractivity contribution is 7.89. The van der Waals surface area contributed by atoms with Crippen LogP contribution in [0.5, 0.6) is 0 Å². The van der Waals surface area contributed by atoms with E-state index in [1.807, 2.05) is 18.2 Å². The number of aromatic nitrogens is 2. The molecular formula is C24H28N4O5S. The molecule has 0 spiro atoms. The molecule has 2 heterocycles. The lowest BCUT2D eigenvalue weighted by molar-refractivity contribution is -0.131. The van der Waals surface area contributed by atoms with Gasteiger partial charge in [0.1, 0.15) is 6.54 Å². The molecule has 1 aliphatic rings. The zero-order valence-electron chi connectivity index (χ0n) is 19.1. The normalized spacial score (nSPS) is 14.8. The molecule has 10 heteroatoms. The molecule has 9 nitrogen and oxygen atoms in total. The van der Waals surface area contributed by atoms with Gasteiger partial charge in [-0.15, -0.1) is 0 Å². The van der Waals surface area contributed by atoms with Crippen LogP contribution in [0.3, 0.4) is 0 Å². The molecule has 1 N–H and O–H groups in total. The largest absolute Gasteiger partial charge is 0.341 e. The molecule has 2 aromatic carbocycles. The van der Waals surface area contributed by atoms with Crippen molar-refractivity contribution in [2.24, 2.45) is 7.05 Å². The van der Waals surface area contributed by atoms with Crippen LogP contribution in [0.1, 0.15) is 31.2 Å². The van der Waals surface area contributed by atoms with E-state index in [0.29, 0.717) is 18.6 Å². The molecule has 0 radical (unpaired) electrons. The second kappa shape index (κ2) is 9.94. The minimum absolute atomic E-state index is 0.0633. The van der Waals surface area contributed by atoms with Crippen molar-refractivity contribution in [3.63, 3.8) is 0 Å². The number of carbonyl (C=O) groups is 1. The lowest BCUT2D eigenvalue weighted by Gasteiger charge is -2.21. The van der Waals surface area contributed by atoms with Gasteiger partial charge in [0.15, 0.2) is 0 Å². The maximum absolute atomic E-state index is 13.2. The van der Waals surface area contributed by atoms with E-state index in [-0.39, 0.29) is 29.3 Å². The predicted molar refractivity (Wildman–Crippen MR) is 129 cm³/mol. The van der Waals surface area contributed by atoms with Gasteiger partial charge in [0.2, 0.25) is 15.9 Å². The Morgan fingerprint density at radius 2 is 1.65 bits per heavy atom. The Balaban J connectivity index is 1.67. The summed E-state index contributed by atoms with van der Waals surface area (Å²) in [7, 11) is -2.41. The van der Waals surface area contributed by atoms with Gasteiger partial charge < -0.3 is 4.90 Å². The predicted octanol–water partition coefficient (Wildman–Crippen LogP) is 1.58. The smallest absolute Gasteiger partial charge is 0.331 e. The fraction of sp³-hybridized carbons (Fsp3) is 0.375. The molecule has 1 amide bonds. The van der Waals surface area contributed by atoms with Crippen molar-refractivity contribution in [3.05, 3.63) is 74.9 Å². The van der Waals surface area contributed by atoms with E-state index < -0.39 is 21.3 Å². The van der Waals surface area contributed by atoms with Gasteiger partial charge in [-0.1, -0.05) is 43.2 Å². The average Bonchev–Trinajstić information content (AvgIpc) is 3.14. The van der Waals surface area contributed by atoms with Crippen LogP contribution < -0.4 is 16.0 Å². The van der Waals surface area contributed by atoms with Crippen molar-refractivity contribution in [2.45, 2.75) is 43.7 Å². The number of carbonyl (C=O) groups excluding carboxylic acids is 1. The fourth-order valence-corrected chi connectivity index (χ4v) is 5.26. The summed E-state index contributed by atoms with van der Waals surface area (Å²) in [6.45, 7) is 0.946. The highest BCUT2D eigenvalue weighted by atomic mass is 32.2. The first-order valence-electron chi connectivity index (χ1n) is 11.3. The summed E-state index contributed by atoms with van der Waals surface area (Å²) in [4.78, 5) is 40.5. The summed E-state index contributed by atoms with van der Waals surface area (Å²) >= 11 is 0. The summed E-state index contributed by atoms with van der Waals surface area (Å²) in [5.41, 5.74) is -0.195. The van der Waals surface area contributed by atoms with Crippen molar-refractivity contribution in [3.8, 4) is 0 Å².